The Morgan fingerprint density at radius 3 is 2.30 bits per heavy atom. The molecular formula is C22H26N4O6S. The van der Waals surface area contributed by atoms with Crippen molar-refractivity contribution in [3.05, 3.63) is 42.0 Å². The van der Waals surface area contributed by atoms with Crippen molar-refractivity contribution in [1.29, 1.82) is 0 Å². The first kappa shape index (κ1) is 23.0. The van der Waals surface area contributed by atoms with Crippen LogP contribution in [0.1, 0.15) is 5.56 Å². The Labute approximate surface area is 192 Å². The van der Waals surface area contributed by atoms with Crippen molar-refractivity contribution < 1.29 is 27.5 Å². The van der Waals surface area contributed by atoms with E-state index in [2.05, 4.69) is 0 Å². The number of rotatable bonds is 4. The Morgan fingerprint density at radius 2 is 1.61 bits per heavy atom. The maximum atomic E-state index is 13.0. The van der Waals surface area contributed by atoms with Crippen LogP contribution in [0.4, 0.5) is 11.4 Å². The number of carbonyl (C=O) groups is 2. The largest absolute Gasteiger partial charge is 0.489 e. The first-order chi connectivity index (χ1) is 15.6. The third kappa shape index (κ3) is 4.52. The van der Waals surface area contributed by atoms with Crippen LogP contribution in [-0.4, -0.2) is 65.4 Å². The van der Waals surface area contributed by atoms with Gasteiger partial charge in [-0.25, -0.2) is 8.42 Å². The van der Waals surface area contributed by atoms with E-state index in [1.807, 2.05) is 12.1 Å². The summed E-state index contributed by atoms with van der Waals surface area (Å²) < 4.78 is 35.5. The zero-order valence-electron chi connectivity index (χ0n) is 18.4. The monoisotopic (exact) mass is 474 g/mol. The maximum absolute atomic E-state index is 13.0. The number of nitrogens with two attached hydrogens (primary N) is 2. The lowest BCUT2D eigenvalue weighted by Crippen LogP contribution is -2.46. The molecule has 4 N–H and O–H groups in total. The molecule has 0 aromatic heterocycles. The molecule has 0 radical (unpaired) electrons. The number of carbonyl (C=O) groups excluding carboxylic acids is 2. The van der Waals surface area contributed by atoms with Gasteiger partial charge in [0, 0.05) is 19.8 Å². The minimum atomic E-state index is -3.48. The molecule has 176 valence electrons. The van der Waals surface area contributed by atoms with Crippen molar-refractivity contribution in [3.8, 4) is 11.5 Å². The summed E-state index contributed by atoms with van der Waals surface area (Å²) in [6.45, 7) is 0.301. The van der Waals surface area contributed by atoms with Crippen LogP contribution in [0.3, 0.4) is 0 Å². The van der Waals surface area contributed by atoms with Gasteiger partial charge >= 0.3 is 0 Å². The number of hydrogen-bond acceptors (Lipinski definition) is 8. The Hall–Kier alpha value is -3.15. The van der Waals surface area contributed by atoms with E-state index >= 15 is 0 Å². The molecule has 2 heterocycles. The quantitative estimate of drug-likeness (QED) is 0.633. The summed E-state index contributed by atoms with van der Waals surface area (Å²) in [4.78, 5) is 28.2. The molecule has 2 aromatic carbocycles. The third-order valence-corrected chi connectivity index (χ3v) is 6.84. The van der Waals surface area contributed by atoms with Gasteiger partial charge in [0.15, 0.2) is 9.84 Å². The van der Waals surface area contributed by atoms with Crippen molar-refractivity contribution in [2.24, 2.45) is 11.5 Å². The summed E-state index contributed by atoms with van der Waals surface area (Å²) >= 11 is 0. The number of likely N-dealkylation sites (N-methyl/N-ethyl adjacent to an activating group) is 1. The molecule has 4 rings (SSSR count). The number of ether oxygens (including phenoxy) is 2. The maximum Gasteiger partial charge on any atom is 0.247 e. The summed E-state index contributed by atoms with van der Waals surface area (Å²) in [5.41, 5.74) is 13.7. The van der Waals surface area contributed by atoms with Crippen LogP contribution >= 0.6 is 0 Å². The highest BCUT2D eigenvalue weighted by Gasteiger charge is 2.30. The number of hydrogen-bond donors (Lipinski definition) is 2. The van der Waals surface area contributed by atoms with E-state index < -0.39 is 21.9 Å². The molecule has 0 spiro atoms. The molecule has 0 bridgehead atoms. The minimum Gasteiger partial charge on any atom is -0.489 e. The molecule has 0 fully saturated rings. The average molecular weight is 475 g/mol. The van der Waals surface area contributed by atoms with E-state index in [4.69, 9.17) is 20.9 Å². The lowest BCUT2D eigenvalue weighted by atomic mass is 10.1. The first-order valence-corrected chi connectivity index (χ1v) is 12.3. The molecule has 2 aromatic rings. The summed E-state index contributed by atoms with van der Waals surface area (Å²) in [5, 5.41) is 0. The lowest BCUT2D eigenvalue weighted by molar-refractivity contribution is -0.120. The molecular weight excluding hydrogens is 448 g/mol. The number of fused-ring (bicyclic) bond motifs is 2. The van der Waals surface area contributed by atoms with Gasteiger partial charge in [-0.1, -0.05) is 6.07 Å². The molecule has 2 amide bonds. The van der Waals surface area contributed by atoms with E-state index in [0.29, 0.717) is 29.3 Å². The van der Waals surface area contributed by atoms with Gasteiger partial charge in [-0.3, -0.25) is 9.59 Å². The van der Waals surface area contributed by atoms with Crippen molar-refractivity contribution >= 4 is 33.0 Å². The minimum absolute atomic E-state index is 0.00609. The van der Waals surface area contributed by atoms with E-state index in [9.17, 15) is 18.0 Å². The standard InChI is InChI=1S/C22H26N4O6S/c1-25-17-5-3-13(9-20(17)32-11-15(23)21(25)27)7-8-26-18-10-14(33(2,29)30)4-6-19(18)31-12-16(24)22(26)28/h3-6,9-10,15-16H,7-8,11-12,23-24H2,1-2H3/t15-,16-/m0/s1. The molecule has 2 aliphatic heterocycles. The third-order valence-electron chi connectivity index (χ3n) is 5.73. The van der Waals surface area contributed by atoms with Crippen molar-refractivity contribution in [2.45, 2.75) is 23.4 Å². The van der Waals surface area contributed by atoms with Crippen LogP contribution in [0.15, 0.2) is 41.3 Å². The highest BCUT2D eigenvalue weighted by molar-refractivity contribution is 7.90. The fourth-order valence-electron chi connectivity index (χ4n) is 3.83. The van der Waals surface area contributed by atoms with E-state index in [0.717, 1.165) is 11.8 Å². The summed E-state index contributed by atoms with van der Waals surface area (Å²) in [5.74, 6) is 0.326. The summed E-state index contributed by atoms with van der Waals surface area (Å²) in [7, 11) is -1.84. The summed E-state index contributed by atoms with van der Waals surface area (Å²) in [6.07, 6.45) is 1.54. The molecule has 0 aliphatic carbocycles. The Kier molecular flexibility index (Phi) is 6.04. The zero-order chi connectivity index (χ0) is 23.9. The Bertz CT molecular complexity index is 1220. The number of benzene rings is 2. The smallest absolute Gasteiger partial charge is 0.247 e. The molecule has 11 heteroatoms. The molecule has 10 nitrogen and oxygen atoms in total. The Balaban J connectivity index is 1.63. The van der Waals surface area contributed by atoms with Crippen LogP contribution in [-0.2, 0) is 25.8 Å². The van der Waals surface area contributed by atoms with Gasteiger partial charge in [0.1, 0.15) is 36.8 Å². The number of sulfone groups is 1. The molecule has 2 atom stereocenters. The van der Waals surface area contributed by atoms with Gasteiger partial charge in [0.05, 0.1) is 16.3 Å². The fourth-order valence-corrected chi connectivity index (χ4v) is 4.47. The normalized spacial score (nSPS) is 20.8. The second-order valence-corrected chi connectivity index (χ2v) is 10.2. The number of amides is 2. The molecule has 0 saturated carbocycles. The first-order valence-electron chi connectivity index (χ1n) is 10.4. The number of nitrogens with zero attached hydrogens (tertiary/aromatic N) is 2. The van der Waals surface area contributed by atoms with E-state index in [-0.39, 0.29) is 36.5 Å². The second-order valence-electron chi connectivity index (χ2n) is 8.18. The van der Waals surface area contributed by atoms with Crippen molar-refractivity contribution in [2.75, 3.05) is 42.9 Å². The highest BCUT2D eigenvalue weighted by Crippen LogP contribution is 2.35. The van der Waals surface area contributed by atoms with Crippen LogP contribution in [0.25, 0.3) is 0 Å². The zero-order valence-corrected chi connectivity index (χ0v) is 19.2. The average Bonchev–Trinajstić information content (AvgIpc) is 2.96. The van der Waals surface area contributed by atoms with Gasteiger partial charge < -0.3 is 30.7 Å². The van der Waals surface area contributed by atoms with Crippen molar-refractivity contribution in [1.82, 2.24) is 0 Å². The van der Waals surface area contributed by atoms with Crippen LogP contribution < -0.4 is 30.7 Å². The molecule has 0 saturated heterocycles. The predicted octanol–water partition coefficient (Wildman–Crippen LogP) is 0.0680. The molecule has 0 unspecified atom stereocenters. The lowest BCUT2D eigenvalue weighted by Gasteiger charge is -2.24. The predicted molar refractivity (Wildman–Crippen MR) is 122 cm³/mol. The highest BCUT2D eigenvalue weighted by atomic mass is 32.2. The van der Waals surface area contributed by atoms with Gasteiger partial charge in [-0.05, 0) is 42.3 Å². The van der Waals surface area contributed by atoms with Gasteiger partial charge in [0.2, 0.25) is 11.8 Å². The second kappa shape index (κ2) is 8.65. The van der Waals surface area contributed by atoms with E-state index in [1.165, 1.54) is 28.0 Å². The van der Waals surface area contributed by atoms with Gasteiger partial charge in [0.25, 0.3) is 0 Å². The van der Waals surface area contributed by atoms with Crippen LogP contribution in [0.2, 0.25) is 0 Å². The van der Waals surface area contributed by atoms with Crippen LogP contribution in [0.5, 0.6) is 11.5 Å². The fraction of sp³-hybridized carbons (Fsp3) is 0.364. The molecule has 33 heavy (non-hydrogen) atoms. The molecule has 2 aliphatic rings. The van der Waals surface area contributed by atoms with Crippen LogP contribution in [0, 0.1) is 0 Å². The SMILES string of the molecule is CN1C(=O)[C@@H](N)COc2cc(CCN3C(=O)[C@@H](N)COc4ccc(S(C)(=O)=O)cc43)ccc21. The Morgan fingerprint density at radius 1 is 0.939 bits per heavy atom. The van der Waals surface area contributed by atoms with Gasteiger partial charge in [-0.2, -0.15) is 0 Å². The van der Waals surface area contributed by atoms with Crippen molar-refractivity contribution in [3.63, 3.8) is 0 Å². The summed E-state index contributed by atoms with van der Waals surface area (Å²) in [6, 6.07) is 8.21. The topological polar surface area (TPSA) is 145 Å². The number of anilines is 2. The van der Waals surface area contributed by atoms with E-state index in [1.54, 1.807) is 13.1 Å². The van der Waals surface area contributed by atoms with Gasteiger partial charge in [-0.15, -0.1) is 0 Å².